The number of nitrogens with zero attached hydrogens (tertiary/aromatic N) is 4. The molecule has 6 nitrogen and oxygen atoms in total. The molecule has 0 saturated carbocycles. The number of hydrogen-bond donors (Lipinski definition) is 1. The fraction of sp³-hybridized carbons (Fsp3) is 0.238. The molecule has 0 unspecified atom stereocenters. The van der Waals surface area contributed by atoms with Crippen molar-refractivity contribution in [2.75, 3.05) is 18.0 Å². The van der Waals surface area contributed by atoms with Crippen molar-refractivity contribution in [2.24, 2.45) is 0 Å². The van der Waals surface area contributed by atoms with Crippen molar-refractivity contribution >= 4 is 39.5 Å². The Morgan fingerprint density at radius 2 is 1.79 bits per heavy atom. The fourth-order valence-corrected chi connectivity index (χ4v) is 4.34. The predicted octanol–water partition coefficient (Wildman–Crippen LogP) is 4.18. The number of rotatable bonds is 5. The Morgan fingerprint density at radius 3 is 2.52 bits per heavy atom. The minimum Gasteiger partial charge on any atom is -0.349 e. The lowest BCUT2D eigenvalue weighted by atomic mass is 10.0. The van der Waals surface area contributed by atoms with E-state index in [0.29, 0.717) is 5.56 Å². The quantitative estimate of drug-likeness (QED) is 0.603. The van der Waals surface area contributed by atoms with Gasteiger partial charge < -0.3 is 10.2 Å². The Labute approximate surface area is 182 Å². The molecule has 29 heavy (non-hydrogen) atoms. The standard InChI is InChI=1S/C21H20BrN5OS/c22-15-6-7-19(25-14-15)29-18-5-2-1-4-17(18)20(28)26-16-8-12-27(13-9-16)21-23-10-3-11-24-21/h1-7,10-11,14,16H,8-9,12-13H2,(H,26,28). The maximum atomic E-state index is 12.9. The summed E-state index contributed by atoms with van der Waals surface area (Å²) in [6.45, 7) is 1.66. The van der Waals surface area contributed by atoms with Crippen LogP contribution in [-0.2, 0) is 0 Å². The molecule has 0 atom stereocenters. The molecule has 1 aliphatic heterocycles. The Balaban J connectivity index is 1.38. The van der Waals surface area contributed by atoms with Crippen LogP contribution < -0.4 is 10.2 Å². The molecule has 3 aromatic rings. The van der Waals surface area contributed by atoms with E-state index in [1.165, 1.54) is 11.8 Å². The van der Waals surface area contributed by atoms with Crippen molar-refractivity contribution < 1.29 is 4.79 Å². The number of amides is 1. The second-order valence-electron chi connectivity index (χ2n) is 6.70. The highest BCUT2D eigenvalue weighted by atomic mass is 79.9. The molecule has 0 radical (unpaired) electrons. The van der Waals surface area contributed by atoms with Crippen molar-refractivity contribution in [3.8, 4) is 0 Å². The molecule has 1 amide bonds. The highest BCUT2D eigenvalue weighted by Crippen LogP contribution is 2.30. The molecule has 2 aromatic heterocycles. The number of pyridine rings is 1. The Kier molecular flexibility index (Phi) is 6.41. The van der Waals surface area contributed by atoms with Crippen LogP contribution in [0.15, 0.2) is 75.4 Å². The van der Waals surface area contributed by atoms with Gasteiger partial charge in [0.1, 0.15) is 5.03 Å². The third-order valence-corrected chi connectivity index (χ3v) is 6.21. The van der Waals surface area contributed by atoms with E-state index >= 15 is 0 Å². The van der Waals surface area contributed by atoms with Gasteiger partial charge in [-0.15, -0.1) is 0 Å². The van der Waals surface area contributed by atoms with Gasteiger partial charge in [-0.05, 0) is 59.1 Å². The lowest BCUT2D eigenvalue weighted by molar-refractivity contribution is 0.0928. The van der Waals surface area contributed by atoms with E-state index in [1.807, 2.05) is 42.5 Å². The lowest BCUT2D eigenvalue weighted by Gasteiger charge is -2.32. The summed E-state index contributed by atoms with van der Waals surface area (Å²) in [5, 5.41) is 4.05. The van der Waals surface area contributed by atoms with Gasteiger partial charge in [-0.3, -0.25) is 4.79 Å². The van der Waals surface area contributed by atoms with E-state index in [2.05, 4.69) is 41.1 Å². The van der Waals surface area contributed by atoms with Gasteiger partial charge in [-0.1, -0.05) is 23.9 Å². The van der Waals surface area contributed by atoms with Crippen LogP contribution in [0.25, 0.3) is 0 Å². The maximum Gasteiger partial charge on any atom is 0.252 e. The summed E-state index contributed by atoms with van der Waals surface area (Å²) in [6, 6.07) is 13.5. The molecule has 1 aliphatic rings. The maximum absolute atomic E-state index is 12.9. The molecule has 0 aliphatic carbocycles. The van der Waals surface area contributed by atoms with Gasteiger partial charge in [0, 0.05) is 47.1 Å². The number of carbonyl (C=O) groups is 1. The normalized spacial score (nSPS) is 14.6. The van der Waals surface area contributed by atoms with Crippen molar-refractivity contribution in [3.05, 3.63) is 71.1 Å². The van der Waals surface area contributed by atoms with Crippen LogP contribution in [-0.4, -0.2) is 40.0 Å². The smallest absolute Gasteiger partial charge is 0.252 e. The summed E-state index contributed by atoms with van der Waals surface area (Å²) >= 11 is 4.89. The molecular formula is C21H20BrN5OS. The summed E-state index contributed by atoms with van der Waals surface area (Å²) < 4.78 is 0.931. The first-order chi connectivity index (χ1) is 14.2. The Bertz CT molecular complexity index is 962. The molecule has 8 heteroatoms. The summed E-state index contributed by atoms with van der Waals surface area (Å²) in [5.41, 5.74) is 0.677. The largest absolute Gasteiger partial charge is 0.349 e. The van der Waals surface area contributed by atoms with E-state index in [4.69, 9.17) is 0 Å². The first kappa shape index (κ1) is 19.8. The second kappa shape index (κ2) is 9.37. The van der Waals surface area contributed by atoms with E-state index in [0.717, 1.165) is 46.3 Å². The average molecular weight is 470 g/mol. The van der Waals surface area contributed by atoms with Crippen LogP contribution in [0, 0.1) is 0 Å². The van der Waals surface area contributed by atoms with E-state index < -0.39 is 0 Å². The van der Waals surface area contributed by atoms with E-state index in [9.17, 15) is 4.79 Å². The van der Waals surface area contributed by atoms with Crippen molar-refractivity contribution in [3.63, 3.8) is 0 Å². The number of nitrogens with one attached hydrogen (secondary N) is 1. The van der Waals surface area contributed by atoms with Crippen LogP contribution in [0.2, 0.25) is 0 Å². The molecule has 3 heterocycles. The summed E-state index contributed by atoms with van der Waals surface area (Å²) in [5.74, 6) is 0.709. The SMILES string of the molecule is O=C(NC1CCN(c2ncccn2)CC1)c1ccccc1Sc1ccc(Br)cn1. The fourth-order valence-electron chi connectivity index (χ4n) is 3.22. The zero-order valence-electron chi connectivity index (χ0n) is 15.7. The number of carbonyl (C=O) groups excluding carboxylic acids is 1. The van der Waals surface area contributed by atoms with E-state index in [1.54, 1.807) is 18.6 Å². The zero-order chi connectivity index (χ0) is 20.1. The van der Waals surface area contributed by atoms with Crippen LogP contribution in [0.5, 0.6) is 0 Å². The number of halogens is 1. The number of benzene rings is 1. The van der Waals surface area contributed by atoms with E-state index in [-0.39, 0.29) is 11.9 Å². The van der Waals surface area contributed by atoms with Gasteiger partial charge >= 0.3 is 0 Å². The van der Waals surface area contributed by atoms with Gasteiger partial charge in [-0.2, -0.15) is 0 Å². The second-order valence-corrected chi connectivity index (χ2v) is 8.67. The van der Waals surface area contributed by atoms with Crippen molar-refractivity contribution in [2.45, 2.75) is 28.8 Å². The van der Waals surface area contributed by atoms with Crippen LogP contribution in [0.3, 0.4) is 0 Å². The zero-order valence-corrected chi connectivity index (χ0v) is 18.1. The molecule has 148 valence electrons. The molecule has 1 N–H and O–H groups in total. The number of aromatic nitrogens is 3. The summed E-state index contributed by atoms with van der Waals surface area (Å²) in [7, 11) is 0. The van der Waals surface area contributed by atoms with Crippen molar-refractivity contribution in [1.82, 2.24) is 20.3 Å². The molecule has 1 fully saturated rings. The third kappa shape index (κ3) is 5.13. The van der Waals surface area contributed by atoms with Gasteiger partial charge in [0.05, 0.1) is 5.56 Å². The molecule has 1 aromatic carbocycles. The monoisotopic (exact) mass is 469 g/mol. The number of piperidine rings is 1. The Hall–Kier alpha value is -2.45. The van der Waals surface area contributed by atoms with Gasteiger partial charge in [0.25, 0.3) is 5.91 Å². The highest BCUT2D eigenvalue weighted by molar-refractivity contribution is 9.10. The molecule has 0 bridgehead atoms. The Morgan fingerprint density at radius 1 is 1.03 bits per heavy atom. The van der Waals surface area contributed by atoms with Crippen molar-refractivity contribution in [1.29, 1.82) is 0 Å². The van der Waals surface area contributed by atoms with Gasteiger partial charge in [-0.25, -0.2) is 15.0 Å². The molecule has 4 rings (SSSR count). The first-order valence-corrected chi connectivity index (χ1v) is 11.0. The van der Waals surface area contributed by atoms with Gasteiger partial charge in [0.15, 0.2) is 0 Å². The topological polar surface area (TPSA) is 71.0 Å². The van der Waals surface area contributed by atoms with Crippen LogP contribution in [0.4, 0.5) is 5.95 Å². The first-order valence-electron chi connectivity index (χ1n) is 9.40. The minimum absolute atomic E-state index is 0.0420. The van der Waals surface area contributed by atoms with Crippen LogP contribution in [0.1, 0.15) is 23.2 Å². The summed E-state index contributed by atoms with van der Waals surface area (Å²) in [4.78, 5) is 29.0. The number of hydrogen-bond acceptors (Lipinski definition) is 6. The molecule has 0 spiro atoms. The highest BCUT2D eigenvalue weighted by Gasteiger charge is 2.23. The molecule has 1 saturated heterocycles. The lowest BCUT2D eigenvalue weighted by Crippen LogP contribution is -2.45. The van der Waals surface area contributed by atoms with Crippen LogP contribution >= 0.6 is 27.7 Å². The minimum atomic E-state index is -0.0420. The number of anilines is 1. The average Bonchev–Trinajstić information content (AvgIpc) is 2.77. The third-order valence-electron chi connectivity index (χ3n) is 4.71. The predicted molar refractivity (Wildman–Crippen MR) is 117 cm³/mol. The molecular weight excluding hydrogens is 450 g/mol. The van der Waals surface area contributed by atoms with Gasteiger partial charge in [0.2, 0.25) is 5.95 Å². The summed E-state index contributed by atoms with van der Waals surface area (Å²) in [6.07, 6.45) is 7.01.